The Labute approximate surface area is 64.5 Å². The van der Waals surface area contributed by atoms with Crippen LogP contribution >= 0.6 is 0 Å². The highest BCUT2D eigenvalue weighted by molar-refractivity contribution is 5.57. The van der Waals surface area contributed by atoms with Crippen LogP contribution in [-0.4, -0.2) is 10.2 Å². The Hall–Kier alpha value is -1.44. The molecule has 0 radical (unpaired) electrons. The molecular formula is C9H8O2. The van der Waals surface area contributed by atoms with E-state index in [1.807, 2.05) is 12.2 Å². The molecule has 0 saturated carbocycles. The zero-order valence-corrected chi connectivity index (χ0v) is 5.91. The Kier molecular flexibility index (Phi) is 1.15. The Morgan fingerprint density at radius 2 is 2.09 bits per heavy atom. The molecule has 0 atom stereocenters. The maximum atomic E-state index is 9.26. The summed E-state index contributed by atoms with van der Waals surface area (Å²) in [6.07, 6.45) is 7.71. The van der Waals surface area contributed by atoms with Crippen LogP contribution in [-0.2, 0) is 0 Å². The van der Waals surface area contributed by atoms with Gasteiger partial charge in [0.1, 0.15) is 11.5 Å². The first-order valence-corrected chi connectivity index (χ1v) is 3.49. The second-order valence-electron chi connectivity index (χ2n) is 2.61. The van der Waals surface area contributed by atoms with Crippen LogP contribution in [0.3, 0.4) is 0 Å². The first-order chi connectivity index (χ1) is 5.29. The van der Waals surface area contributed by atoms with E-state index in [0.717, 1.165) is 11.1 Å². The summed E-state index contributed by atoms with van der Waals surface area (Å²) in [4.78, 5) is 0. The molecule has 0 aromatic carbocycles. The van der Waals surface area contributed by atoms with Gasteiger partial charge in [-0.15, -0.1) is 0 Å². The second-order valence-corrected chi connectivity index (χ2v) is 2.61. The van der Waals surface area contributed by atoms with Gasteiger partial charge >= 0.3 is 0 Å². The molecule has 0 heterocycles. The predicted octanol–water partition coefficient (Wildman–Crippen LogP) is 2.14. The van der Waals surface area contributed by atoms with Crippen LogP contribution in [0.2, 0.25) is 0 Å². The third-order valence-electron chi connectivity index (χ3n) is 1.90. The number of hydrogen-bond donors (Lipinski definition) is 2. The van der Waals surface area contributed by atoms with Crippen LogP contribution in [0.4, 0.5) is 0 Å². The Balaban J connectivity index is 2.53. The van der Waals surface area contributed by atoms with Gasteiger partial charge in [0.25, 0.3) is 0 Å². The Bertz CT molecular complexity index is 316. The van der Waals surface area contributed by atoms with E-state index >= 15 is 0 Å². The molecule has 2 heteroatoms. The van der Waals surface area contributed by atoms with Crippen LogP contribution in [0.5, 0.6) is 0 Å². The van der Waals surface area contributed by atoms with E-state index < -0.39 is 0 Å². The molecule has 0 unspecified atom stereocenters. The molecule has 0 saturated heterocycles. The molecule has 0 aromatic rings. The van der Waals surface area contributed by atoms with Gasteiger partial charge in [-0.2, -0.15) is 0 Å². The van der Waals surface area contributed by atoms with Gasteiger partial charge < -0.3 is 10.2 Å². The van der Waals surface area contributed by atoms with Gasteiger partial charge in [-0.05, 0) is 6.42 Å². The van der Waals surface area contributed by atoms with Crippen LogP contribution in [0, 0.1) is 0 Å². The van der Waals surface area contributed by atoms with Crippen LogP contribution in [0.25, 0.3) is 0 Å². The molecule has 0 bridgehead atoms. The standard InChI is InChI=1S/C9H8O2/c10-8-5-9(11)7-4-2-1-3-6(7)8/h1-3,5,10-11H,4H2. The Morgan fingerprint density at radius 3 is 2.82 bits per heavy atom. The molecule has 2 aliphatic carbocycles. The zero-order chi connectivity index (χ0) is 7.84. The largest absolute Gasteiger partial charge is 0.507 e. The van der Waals surface area contributed by atoms with Crippen LogP contribution in [0.15, 0.2) is 47.0 Å². The minimum atomic E-state index is 0.168. The number of allylic oxidation sites excluding steroid dienone is 5. The van der Waals surface area contributed by atoms with E-state index in [4.69, 9.17) is 0 Å². The Morgan fingerprint density at radius 1 is 1.27 bits per heavy atom. The monoisotopic (exact) mass is 148 g/mol. The summed E-state index contributed by atoms with van der Waals surface area (Å²) >= 11 is 0. The number of hydrogen-bond acceptors (Lipinski definition) is 2. The molecule has 2 nitrogen and oxygen atoms in total. The van der Waals surface area contributed by atoms with Crippen molar-refractivity contribution in [2.45, 2.75) is 6.42 Å². The van der Waals surface area contributed by atoms with Crippen molar-refractivity contribution in [2.75, 3.05) is 0 Å². The summed E-state index contributed by atoms with van der Waals surface area (Å²) < 4.78 is 0. The number of aliphatic hydroxyl groups is 2. The van der Waals surface area contributed by atoms with Crippen molar-refractivity contribution in [2.24, 2.45) is 0 Å². The van der Waals surface area contributed by atoms with Crippen molar-refractivity contribution in [1.82, 2.24) is 0 Å². The lowest BCUT2D eigenvalue weighted by molar-refractivity contribution is 0.413. The minimum Gasteiger partial charge on any atom is -0.507 e. The summed E-state index contributed by atoms with van der Waals surface area (Å²) in [6.45, 7) is 0. The van der Waals surface area contributed by atoms with Crippen molar-refractivity contribution in [1.29, 1.82) is 0 Å². The predicted molar refractivity (Wildman–Crippen MR) is 42.2 cm³/mol. The topological polar surface area (TPSA) is 40.5 Å². The molecule has 2 rings (SSSR count). The molecule has 11 heavy (non-hydrogen) atoms. The van der Waals surface area contributed by atoms with Gasteiger partial charge in [0.05, 0.1) is 0 Å². The minimum absolute atomic E-state index is 0.168. The van der Waals surface area contributed by atoms with E-state index in [-0.39, 0.29) is 11.5 Å². The third kappa shape index (κ3) is 0.792. The SMILES string of the molecule is OC1=CC(O)=C2CC=CC=C12. The van der Waals surface area contributed by atoms with Gasteiger partial charge in [0.2, 0.25) is 0 Å². The van der Waals surface area contributed by atoms with Crippen molar-refractivity contribution in [3.63, 3.8) is 0 Å². The van der Waals surface area contributed by atoms with Crippen molar-refractivity contribution >= 4 is 0 Å². The third-order valence-corrected chi connectivity index (χ3v) is 1.90. The first-order valence-electron chi connectivity index (χ1n) is 3.49. The average Bonchev–Trinajstić information content (AvgIpc) is 2.30. The van der Waals surface area contributed by atoms with Gasteiger partial charge in [-0.25, -0.2) is 0 Å². The van der Waals surface area contributed by atoms with E-state index in [2.05, 4.69) is 0 Å². The number of fused-ring (bicyclic) bond motifs is 1. The normalized spacial score (nSPS) is 21.5. The lowest BCUT2D eigenvalue weighted by Crippen LogP contribution is -1.92. The van der Waals surface area contributed by atoms with E-state index in [0.29, 0.717) is 6.42 Å². The van der Waals surface area contributed by atoms with E-state index in [9.17, 15) is 10.2 Å². The van der Waals surface area contributed by atoms with Gasteiger partial charge in [0, 0.05) is 17.2 Å². The summed E-state index contributed by atoms with van der Waals surface area (Å²) in [5.74, 6) is 0.361. The number of rotatable bonds is 0. The van der Waals surface area contributed by atoms with Gasteiger partial charge in [0.15, 0.2) is 0 Å². The fraction of sp³-hybridized carbons (Fsp3) is 0.111. The van der Waals surface area contributed by atoms with Crippen molar-refractivity contribution < 1.29 is 10.2 Å². The fourth-order valence-corrected chi connectivity index (χ4v) is 1.34. The highest BCUT2D eigenvalue weighted by Crippen LogP contribution is 2.32. The maximum absolute atomic E-state index is 9.26. The molecule has 0 spiro atoms. The highest BCUT2D eigenvalue weighted by Gasteiger charge is 2.20. The summed E-state index contributed by atoms with van der Waals surface area (Å²) in [7, 11) is 0. The van der Waals surface area contributed by atoms with Gasteiger partial charge in [-0.3, -0.25) is 0 Å². The molecule has 0 fully saturated rings. The molecule has 56 valence electrons. The van der Waals surface area contributed by atoms with Crippen LogP contribution in [0.1, 0.15) is 6.42 Å². The summed E-state index contributed by atoms with van der Waals surface area (Å²) in [5.41, 5.74) is 1.58. The van der Waals surface area contributed by atoms with E-state index in [1.165, 1.54) is 6.08 Å². The van der Waals surface area contributed by atoms with Gasteiger partial charge in [-0.1, -0.05) is 18.2 Å². The van der Waals surface area contributed by atoms with Crippen molar-refractivity contribution in [3.05, 3.63) is 47.0 Å². The summed E-state index contributed by atoms with van der Waals surface area (Å²) in [6, 6.07) is 0. The van der Waals surface area contributed by atoms with E-state index in [1.54, 1.807) is 6.08 Å². The van der Waals surface area contributed by atoms with Crippen molar-refractivity contribution in [3.8, 4) is 0 Å². The molecule has 0 aliphatic heterocycles. The molecule has 0 aromatic heterocycles. The smallest absolute Gasteiger partial charge is 0.126 e. The lowest BCUT2D eigenvalue weighted by Gasteiger charge is -2.06. The quantitative estimate of drug-likeness (QED) is 0.552. The molecule has 0 amide bonds. The van der Waals surface area contributed by atoms with Crippen LogP contribution < -0.4 is 0 Å². The highest BCUT2D eigenvalue weighted by atomic mass is 16.3. The number of aliphatic hydroxyl groups excluding tert-OH is 2. The second kappa shape index (κ2) is 2.02. The molecule has 2 N–H and O–H groups in total. The maximum Gasteiger partial charge on any atom is 0.126 e. The fourth-order valence-electron chi connectivity index (χ4n) is 1.34. The zero-order valence-electron chi connectivity index (χ0n) is 5.91. The average molecular weight is 148 g/mol. The molecule has 2 aliphatic rings. The lowest BCUT2D eigenvalue weighted by atomic mass is 10.0. The first kappa shape index (κ1) is 6.28. The summed E-state index contributed by atoms with van der Waals surface area (Å²) in [5, 5.41) is 18.5. The molecular weight excluding hydrogens is 140 g/mol.